The van der Waals surface area contributed by atoms with Gasteiger partial charge in [0.15, 0.2) is 0 Å². The van der Waals surface area contributed by atoms with Crippen LogP contribution in [0.15, 0.2) is 11.6 Å². The summed E-state index contributed by atoms with van der Waals surface area (Å²) in [7, 11) is 0. The molecule has 0 aliphatic rings. The highest BCUT2D eigenvalue weighted by Crippen LogP contribution is 2.18. The SMILES string of the molecule is CC(=CC(=O)O)COCCC(F)(F)F. The van der Waals surface area contributed by atoms with Gasteiger partial charge in [-0.3, -0.25) is 0 Å². The van der Waals surface area contributed by atoms with Crippen LogP contribution in [0.25, 0.3) is 0 Å². The van der Waals surface area contributed by atoms with Crippen molar-refractivity contribution in [1.82, 2.24) is 0 Å². The van der Waals surface area contributed by atoms with Gasteiger partial charge in [0.1, 0.15) is 0 Å². The van der Waals surface area contributed by atoms with Gasteiger partial charge in [0.25, 0.3) is 0 Å². The highest BCUT2D eigenvalue weighted by Gasteiger charge is 2.26. The summed E-state index contributed by atoms with van der Waals surface area (Å²) in [4.78, 5) is 10.1. The predicted octanol–water partition coefficient (Wildman–Crippen LogP) is 1.99. The second-order valence-electron chi connectivity index (χ2n) is 2.75. The van der Waals surface area contributed by atoms with Crippen LogP contribution in [-0.2, 0) is 9.53 Å². The molecule has 0 bridgehead atoms. The Morgan fingerprint density at radius 2 is 2.07 bits per heavy atom. The van der Waals surface area contributed by atoms with E-state index in [0.717, 1.165) is 6.08 Å². The van der Waals surface area contributed by atoms with E-state index in [1.165, 1.54) is 6.92 Å². The maximum atomic E-state index is 11.6. The number of carbonyl (C=O) groups is 1. The smallest absolute Gasteiger partial charge is 0.391 e. The van der Waals surface area contributed by atoms with Crippen LogP contribution in [0.4, 0.5) is 13.2 Å². The molecule has 0 aliphatic heterocycles. The molecular formula is C8H11F3O3. The molecule has 0 aromatic carbocycles. The second-order valence-corrected chi connectivity index (χ2v) is 2.75. The van der Waals surface area contributed by atoms with Gasteiger partial charge in [0.2, 0.25) is 0 Å². The lowest BCUT2D eigenvalue weighted by Gasteiger charge is -2.06. The number of hydrogen-bond acceptors (Lipinski definition) is 2. The number of hydrogen-bond donors (Lipinski definition) is 1. The second kappa shape index (κ2) is 5.64. The monoisotopic (exact) mass is 212 g/mol. The van der Waals surface area contributed by atoms with Crippen molar-refractivity contribution in [3.8, 4) is 0 Å². The number of rotatable bonds is 5. The lowest BCUT2D eigenvalue weighted by atomic mass is 10.3. The summed E-state index contributed by atoms with van der Waals surface area (Å²) < 4.78 is 39.4. The van der Waals surface area contributed by atoms with E-state index in [0.29, 0.717) is 5.57 Å². The fourth-order valence-corrected chi connectivity index (χ4v) is 0.674. The number of alkyl halides is 3. The number of ether oxygens (including phenoxy) is 1. The molecule has 3 nitrogen and oxygen atoms in total. The van der Waals surface area contributed by atoms with Crippen LogP contribution in [0.1, 0.15) is 13.3 Å². The lowest BCUT2D eigenvalue weighted by Crippen LogP contribution is -2.12. The van der Waals surface area contributed by atoms with Gasteiger partial charge in [0, 0.05) is 6.08 Å². The van der Waals surface area contributed by atoms with Gasteiger partial charge in [-0.15, -0.1) is 0 Å². The third kappa shape index (κ3) is 9.05. The molecule has 1 N–H and O–H groups in total. The minimum absolute atomic E-state index is 0.0949. The van der Waals surface area contributed by atoms with Crippen molar-refractivity contribution >= 4 is 5.97 Å². The van der Waals surface area contributed by atoms with E-state index in [1.54, 1.807) is 0 Å². The first-order chi connectivity index (χ1) is 6.31. The zero-order chi connectivity index (χ0) is 11.2. The predicted molar refractivity (Wildman–Crippen MR) is 42.9 cm³/mol. The molecule has 0 atom stereocenters. The zero-order valence-electron chi connectivity index (χ0n) is 7.60. The Morgan fingerprint density at radius 1 is 1.50 bits per heavy atom. The highest BCUT2D eigenvalue weighted by molar-refractivity contribution is 5.80. The van der Waals surface area contributed by atoms with Crippen molar-refractivity contribution in [1.29, 1.82) is 0 Å². The number of carboxylic acid groups (broad SMARTS) is 1. The first-order valence-corrected chi connectivity index (χ1v) is 3.86. The van der Waals surface area contributed by atoms with Crippen molar-refractivity contribution in [3.05, 3.63) is 11.6 Å². The minimum Gasteiger partial charge on any atom is -0.478 e. The maximum Gasteiger partial charge on any atom is 0.391 e. The van der Waals surface area contributed by atoms with Crippen LogP contribution in [0.3, 0.4) is 0 Å². The van der Waals surface area contributed by atoms with Crippen molar-refractivity contribution in [2.24, 2.45) is 0 Å². The Balaban J connectivity index is 3.60. The van der Waals surface area contributed by atoms with E-state index in [-0.39, 0.29) is 6.61 Å². The van der Waals surface area contributed by atoms with Gasteiger partial charge in [-0.2, -0.15) is 13.2 Å². The molecule has 0 aliphatic carbocycles. The molecule has 0 heterocycles. The van der Waals surface area contributed by atoms with E-state index in [1.807, 2.05) is 0 Å². The van der Waals surface area contributed by atoms with Crippen LogP contribution in [0, 0.1) is 0 Å². The molecule has 0 unspecified atom stereocenters. The van der Waals surface area contributed by atoms with Gasteiger partial charge in [-0.1, -0.05) is 0 Å². The summed E-state index contributed by atoms with van der Waals surface area (Å²) in [6.07, 6.45) is -4.36. The van der Waals surface area contributed by atoms with Gasteiger partial charge in [-0.25, -0.2) is 4.79 Å². The summed E-state index contributed by atoms with van der Waals surface area (Å²) in [5.74, 6) is -1.14. The average Bonchev–Trinajstić information content (AvgIpc) is 1.95. The van der Waals surface area contributed by atoms with Gasteiger partial charge < -0.3 is 9.84 Å². The molecule has 0 rings (SSSR count). The first-order valence-electron chi connectivity index (χ1n) is 3.86. The third-order valence-corrected chi connectivity index (χ3v) is 1.23. The molecule has 6 heteroatoms. The Hall–Kier alpha value is -1.04. The third-order valence-electron chi connectivity index (χ3n) is 1.23. The minimum atomic E-state index is -4.23. The van der Waals surface area contributed by atoms with Crippen molar-refractivity contribution in [2.45, 2.75) is 19.5 Å². The Kier molecular flexibility index (Phi) is 5.22. The van der Waals surface area contributed by atoms with Gasteiger partial charge in [0.05, 0.1) is 19.6 Å². The van der Waals surface area contributed by atoms with E-state index in [2.05, 4.69) is 4.74 Å². The average molecular weight is 212 g/mol. The summed E-state index contributed by atoms with van der Waals surface area (Å²) in [5, 5.41) is 8.26. The van der Waals surface area contributed by atoms with E-state index in [9.17, 15) is 18.0 Å². The van der Waals surface area contributed by atoms with Gasteiger partial charge in [-0.05, 0) is 12.5 Å². The first kappa shape index (κ1) is 13.0. The number of carboxylic acids is 1. The van der Waals surface area contributed by atoms with Crippen LogP contribution in [0.2, 0.25) is 0 Å². The molecule has 0 spiro atoms. The van der Waals surface area contributed by atoms with E-state index >= 15 is 0 Å². The normalized spacial score (nSPS) is 13.0. The molecule has 0 fully saturated rings. The topological polar surface area (TPSA) is 46.5 Å². The summed E-state index contributed by atoms with van der Waals surface area (Å²) in [6.45, 7) is 0.929. The molecule has 0 amide bonds. The quantitative estimate of drug-likeness (QED) is 0.560. The molecule has 0 aromatic rings. The molecule has 0 saturated carbocycles. The van der Waals surface area contributed by atoms with Gasteiger partial charge >= 0.3 is 12.1 Å². The largest absolute Gasteiger partial charge is 0.478 e. The molecule has 14 heavy (non-hydrogen) atoms. The fraction of sp³-hybridized carbons (Fsp3) is 0.625. The molecule has 82 valence electrons. The Morgan fingerprint density at radius 3 is 2.50 bits per heavy atom. The number of halogens is 3. The van der Waals surface area contributed by atoms with Crippen LogP contribution < -0.4 is 0 Å². The van der Waals surface area contributed by atoms with Crippen LogP contribution >= 0.6 is 0 Å². The Bertz CT molecular complexity index is 220. The molecule has 0 saturated heterocycles. The summed E-state index contributed by atoms with van der Waals surface area (Å²) in [6, 6.07) is 0. The van der Waals surface area contributed by atoms with Crippen molar-refractivity contribution < 1.29 is 27.8 Å². The Labute approximate surface area is 79.2 Å². The molecular weight excluding hydrogens is 201 g/mol. The molecule has 0 aromatic heterocycles. The van der Waals surface area contributed by atoms with Crippen LogP contribution in [0.5, 0.6) is 0 Å². The van der Waals surface area contributed by atoms with E-state index < -0.39 is 25.2 Å². The highest BCUT2D eigenvalue weighted by atomic mass is 19.4. The zero-order valence-corrected chi connectivity index (χ0v) is 7.60. The van der Waals surface area contributed by atoms with Crippen LogP contribution in [-0.4, -0.2) is 30.5 Å². The fourth-order valence-electron chi connectivity index (χ4n) is 0.674. The molecule has 0 radical (unpaired) electrons. The van der Waals surface area contributed by atoms with E-state index in [4.69, 9.17) is 5.11 Å². The summed E-state index contributed by atoms with van der Waals surface area (Å²) in [5.41, 5.74) is 0.375. The van der Waals surface area contributed by atoms with Crippen molar-refractivity contribution in [3.63, 3.8) is 0 Å². The maximum absolute atomic E-state index is 11.6. The standard InChI is InChI=1S/C8H11F3O3/c1-6(4-7(12)13)5-14-3-2-8(9,10)11/h4H,2-3,5H2,1H3,(H,12,13). The lowest BCUT2D eigenvalue weighted by molar-refractivity contribution is -0.144. The number of aliphatic carboxylic acids is 1. The van der Waals surface area contributed by atoms with Crippen molar-refractivity contribution in [2.75, 3.05) is 13.2 Å². The summed E-state index contributed by atoms with van der Waals surface area (Å²) >= 11 is 0.